The van der Waals surface area contributed by atoms with Crippen molar-refractivity contribution in [1.82, 2.24) is 8.68 Å². The second kappa shape index (κ2) is 5.64. The summed E-state index contributed by atoms with van der Waals surface area (Å²) >= 11 is 1.08. The van der Waals surface area contributed by atoms with Crippen LogP contribution in [0.3, 0.4) is 0 Å². The molecule has 6 nitrogen and oxygen atoms in total. The van der Waals surface area contributed by atoms with E-state index >= 15 is 0 Å². The number of nitrogens with one attached hydrogen (secondary N) is 1. The molecule has 0 amide bonds. The van der Waals surface area contributed by atoms with Crippen molar-refractivity contribution in [1.29, 1.82) is 0 Å². The molecule has 0 spiro atoms. The largest absolute Gasteiger partial charge is 0.382 e. The average molecular weight is 306 g/mol. The summed E-state index contributed by atoms with van der Waals surface area (Å²) in [6, 6.07) is 0. The number of aromatic nitrogens is 1. The van der Waals surface area contributed by atoms with Crippen molar-refractivity contribution in [3.8, 4) is 0 Å². The van der Waals surface area contributed by atoms with Crippen molar-refractivity contribution in [2.75, 3.05) is 31.7 Å². The summed E-state index contributed by atoms with van der Waals surface area (Å²) in [6.45, 7) is 7.08. The number of sulfonamides is 1. The Hall–Kier alpha value is -0.860. The third kappa shape index (κ3) is 4.05. The number of hydrogen-bond acceptors (Lipinski definition) is 6. The van der Waals surface area contributed by atoms with Crippen LogP contribution in [0.2, 0.25) is 0 Å². The van der Waals surface area contributed by atoms with Gasteiger partial charge in [0.05, 0.1) is 0 Å². The molecule has 19 heavy (non-hydrogen) atoms. The third-order valence-electron chi connectivity index (χ3n) is 2.57. The molecule has 3 N–H and O–H groups in total. The average Bonchev–Trinajstić information content (AvgIpc) is 2.58. The Morgan fingerprint density at radius 1 is 1.37 bits per heavy atom. The molecule has 0 saturated carbocycles. The Morgan fingerprint density at radius 3 is 2.42 bits per heavy atom. The summed E-state index contributed by atoms with van der Waals surface area (Å²) in [7, 11) is -0.612. The minimum atomic E-state index is -3.57. The quantitative estimate of drug-likeness (QED) is 0.866. The molecule has 0 saturated heterocycles. The fourth-order valence-corrected chi connectivity index (χ4v) is 3.49. The van der Waals surface area contributed by atoms with E-state index in [0.717, 1.165) is 22.3 Å². The Labute approximate surface area is 119 Å². The van der Waals surface area contributed by atoms with Crippen molar-refractivity contribution in [3.63, 3.8) is 0 Å². The Bertz CT molecular complexity index is 529. The van der Waals surface area contributed by atoms with Crippen molar-refractivity contribution >= 4 is 32.4 Å². The van der Waals surface area contributed by atoms with Gasteiger partial charge in [-0.15, -0.1) is 0 Å². The standard InChI is InChI=1S/C11H22N4O2S2/c1-11(2,3)6-7-13-10-8(9(12)14-18-10)19(16,17)15(4)5/h13H,6-7H2,1-5H3,(H2,12,14). The van der Waals surface area contributed by atoms with E-state index in [9.17, 15) is 8.42 Å². The lowest BCUT2D eigenvalue weighted by Gasteiger charge is -2.18. The van der Waals surface area contributed by atoms with Gasteiger partial charge in [-0.3, -0.25) is 0 Å². The van der Waals surface area contributed by atoms with Crippen molar-refractivity contribution in [2.45, 2.75) is 32.1 Å². The lowest BCUT2D eigenvalue weighted by molar-refractivity contribution is 0.390. The molecular weight excluding hydrogens is 284 g/mol. The molecule has 0 unspecified atom stereocenters. The van der Waals surface area contributed by atoms with Gasteiger partial charge in [-0.05, 0) is 23.4 Å². The topological polar surface area (TPSA) is 88.3 Å². The summed E-state index contributed by atoms with van der Waals surface area (Å²) < 4.78 is 29.4. The van der Waals surface area contributed by atoms with Gasteiger partial charge in [-0.25, -0.2) is 12.7 Å². The number of nitrogens with zero attached hydrogens (tertiary/aromatic N) is 2. The highest BCUT2D eigenvalue weighted by molar-refractivity contribution is 7.89. The monoisotopic (exact) mass is 306 g/mol. The van der Waals surface area contributed by atoms with E-state index in [1.165, 1.54) is 14.1 Å². The van der Waals surface area contributed by atoms with Gasteiger partial charge in [0.25, 0.3) is 0 Å². The lowest BCUT2D eigenvalue weighted by Crippen LogP contribution is -2.24. The fraction of sp³-hybridized carbons (Fsp3) is 0.727. The highest BCUT2D eigenvalue weighted by Gasteiger charge is 2.27. The van der Waals surface area contributed by atoms with Crippen molar-refractivity contribution in [3.05, 3.63) is 0 Å². The van der Waals surface area contributed by atoms with E-state index in [1.54, 1.807) is 0 Å². The zero-order valence-corrected chi connectivity index (χ0v) is 13.7. The second-order valence-electron chi connectivity index (χ2n) is 5.75. The fourth-order valence-electron chi connectivity index (χ4n) is 1.39. The maximum atomic E-state index is 12.2. The van der Waals surface area contributed by atoms with Crippen LogP contribution in [-0.2, 0) is 10.0 Å². The van der Waals surface area contributed by atoms with Crippen molar-refractivity contribution < 1.29 is 8.42 Å². The van der Waals surface area contributed by atoms with Crippen LogP contribution >= 0.6 is 11.5 Å². The molecule has 0 bridgehead atoms. The third-order valence-corrected chi connectivity index (χ3v) is 5.41. The normalized spacial score (nSPS) is 12.9. The predicted octanol–water partition coefficient (Wildman–Crippen LogP) is 1.82. The number of nitrogen functional groups attached to an aromatic ring is 1. The molecule has 0 fully saturated rings. The highest BCUT2D eigenvalue weighted by Crippen LogP contribution is 2.33. The van der Waals surface area contributed by atoms with Gasteiger partial charge in [-0.1, -0.05) is 20.8 Å². The zero-order valence-electron chi connectivity index (χ0n) is 12.0. The SMILES string of the molecule is CN(C)S(=O)(=O)c1c(N)nsc1NCCC(C)(C)C. The first kappa shape index (κ1) is 16.2. The van der Waals surface area contributed by atoms with Crippen LogP contribution in [0, 0.1) is 5.41 Å². The first-order chi connectivity index (χ1) is 8.55. The van der Waals surface area contributed by atoms with E-state index in [-0.39, 0.29) is 16.1 Å². The summed E-state index contributed by atoms with van der Waals surface area (Å²) in [5.41, 5.74) is 5.86. The Morgan fingerprint density at radius 2 is 1.95 bits per heavy atom. The number of rotatable bonds is 5. The van der Waals surface area contributed by atoms with Gasteiger partial charge >= 0.3 is 0 Å². The van der Waals surface area contributed by atoms with Crippen LogP contribution in [-0.4, -0.2) is 37.7 Å². The zero-order chi connectivity index (χ0) is 14.8. The molecule has 1 aromatic heterocycles. The molecule has 0 atom stereocenters. The van der Waals surface area contributed by atoms with Crippen LogP contribution in [0.25, 0.3) is 0 Å². The van der Waals surface area contributed by atoms with Crippen LogP contribution in [0.4, 0.5) is 10.8 Å². The van der Waals surface area contributed by atoms with Gasteiger partial charge in [0.1, 0.15) is 5.00 Å². The second-order valence-corrected chi connectivity index (χ2v) is 8.61. The molecule has 1 aromatic rings. The van der Waals surface area contributed by atoms with E-state index in [1.807, 2.05) is 0 Å². The van der Waals surface area contributed by atoms with Crippen LogP contribution in [0.15, 0.2) is 4.90 Å². The first-order valence-corrected chi connectivity index (χ1v) is 8.18. The van der Waals surface area contributed by atoms with Gasteiger partial charge in [0.15, 0.2) is 10.7 Å². The molecule has 110 valence electrons. The molecule has 0 aliphatic carbocycles. The highest BCUT2D eigenvalue weighted by atomic mass is 32.2. The van der Waals surface area contributed by atoms with Crippen LogP contribution < -0.4 is 11.1 Å². The lowest BCUT2D eigenvalue weighted by atomic mass is 9.92. The van der Waals surface area contributed by atoms with Gasteiger partial charge in [0, 0.05) is 20.6 Å². The Kier molecular flexibility index (Phi) is 4.81. The van der Waals surface area contributed by atoms with E-state index < -0.39 is 10.0 Å². The molecular formula is C11H22N4O2S2. The van der Waals surface area contributed by atoms with Crippen LogP contribution in [0.5, 0.6) is 0 Å². The van der Waals surface area contributed by atoms with E-state index in [2.05, 4.69) is 30.5 Å². The summed E-state index contributed by atoms with van der Waals surface area (Å²) in [5, 5.41) is 3.63. The van der Waals surface area contributed by atoms with Gasteiger partial charge in [-0.2, -0.15) is 4.37 Å². The van der Waals surface area contributed by atoms with Gasteiger partial charge < -0.3 is 11.1 Å². The number of hydrogen-bond donors (Lipinski definition) is 2. The minimum Gasteiger partial charge on any atom is -0.382 e. The molecule has 1 rings (SSSR count). The predicted molar refractivity (Wildman–Crippen MR) is 80.0 cm³/mol. The van der Waals surface area contributed by atoms with E-state index in [0.29, 0.717) is 11.5 Å². The molecule has 8 heteroatoms. The number of nitrogens with two attached hydrogens (primary N) is 1. The summed E-state index contributed by atoms with van der Waals surface area (Å²) in [6.07, 6.45) is 0.923. The molecule has 0 radical (unpaired) electrons. The summed E-state index contributed by atoms with van der Waals surface area (Å²) in [4.78, 5) is 0.0800. The first-order valence-electron chi connectivity index (χ1n) is 5.97. The Balaban J connectivity index is 2.94. The summed E-state index contributed by atoms with van der Waals surface area (Å²) in [5.74, 6) is 0.0527. The maximum absolute atomic E-state index is 12.2. The molecule has 0 aliphatic heterocycles. The minimum absolute atomic E-state index is 0.0527. The van der Waals surface area contributed by atoms with E-state index in [4.69, 9.17) is 5.73 Å². The smallest absolute Gasteiger partial charge is 0.249 e. The molecule has 0 aromatic carbocycles. The molecule has 1 heterocycles. The maximum Gasteiger partial charge on any atom is 0.249 e. The number of anilines is 2. The van der Waals surface area contributed by atoms with Crippen LogP contribution in [0.1, 0.15) is 27.2 Å². The van der Waals surface area contributed by atoms with Gasteiger partial charge in [0.2, 0.25) is 10.0 Å². The van der Waals surface area contributed by atoms with Crippen molar-refractivity contribution in [2.24, 2.45) is 5.41 Å². The molecule has 0 aliphatic rings.